The number of hydrogen-bond acceptors (Lipinski definition) is 4. The van der Waals surface area contributed by atoms with Crippen LogP contribution in [0.3, 0.4) is 0 Å². The van der Waals surface area contributed by atoms with Gasteiger partial charge < -0.3 is 20.5 Å². The topological polar surface area (TPSA) is 69.1 Å². The zero-order valence-electron chi connectivity index (χ0n) is 14.7. The molecule has 1 atom stereocenters. The zero-order valence-corrected chi connectivity index (χ0v) is 17.0. The van der Waals surface area contributed by atoms with Crippen LogP contribution in [0.5, 0.6) is 0 Å². The molecular weight excluding hydrogens is 407 g/mol. The van der Waals surface area contributed by atoms with Crippen LogP contribution in [-0.4, -0.2) is 74.0 Å². The van der Waals surface area contributed by atoms with Crippen LogP contribution >= 0.6 is 24.0 Å². The number of halogens is 1. The first-order valence-corrected chi connectivity index (χ1v) is 8.23. The van der Waals surface area contributed by atoms with E-state index in [9.17, 15) is 5.11 Å². The van der Waals surface area contributed by atoms with Gasteiger partial charge in [0.2, 0.25) is 0 Å². The van der Waals surface area contributed by atoms with Gasteiger partial charge in [0.05, 0.1) is 25.4 Å². The van der Waals surface area contributed by atoms with Crippen molar-refractivity contribution in [1.82, 2.24) is 15.5 Å². The molecule has 0 amide bonds. The summed E-state index contributed by atoms with van der Waals surface area (Å²) in [4.78, 5) is 6.74. The van der Waals surface area contributed by atoms with Gasteiger partial charge in [-0.3, -0.25) is 9.89 Å². The number of morpholine rings is 1. The molecule has 7 heteroatoms. The molecule has 0 aliphatic carbocycles. The lowest BCUT2D eigenvalue weighted by atomic mass is 10.1. The second-order valence-electron chi connectivity index (χ2n) is 5.87. The van der Waals surface area contributed by atoms with Gasteiger partial charge in [0.15, 0.2) is 5.96 Å². The van der Waals surface area contributed by atoms with E-state index in [1.54, 1.807) is 0 Å². The fourth-order valence-electron chi connectivity index (χ4n) is 2.32. The highest BCUT2D eigenvalue weighted by atomic mass is 127. The van der Waals surface area contributed by atoms with Gasteiger partial charge >= 0.3 is 0 Å². The van der Waals surface area contributed by atoms with Crippen LogP contribution in [0, 0.1) is 0 Å². The maximum atomic E-state index is 10.5. The minimum absolute atomic E-state index is 0. The Kier molecular flexibility index (Phi) is 12.8. The van der Waals surface area contributed by atoms with E-state index in [0.717, 1.165) is 51.8 Å². The van der Waals surface area contributed by atoms with Gasteiger partial charge in [-0.05, 0) is 27.2 Å². The van der Waals surface area contributed by atoms with Crippen LogP contribution in [0.4, 0.5) is 0 Å². The maximum Gasteiger partial charge on any atom is 0.191 e. The molecular formula is C16H33IN4O2. The lowest BCUT2D eigenvalue weighted by Crippen LogP contribution is -2.48. The van der Waals surface area contributed by atoms with Crippen molar-refractivity contribution in [3.63, 3.8) is 0 Å². The van der Waals surface area contributed by atoms with E-state index in [1.807, 2.05) is 26.8 Å². The number of nitrogens with one attached hydrogen (secondary N) is 2. The summed E-state index contributed by atoms with van der Waals surface area (Å²) in [5, 5.41) is 17.0. The Morgan fingerprint density at radius 1 is 1.35 bits per heavy atom. The van der Waals surface area contributed by atoms with Crippen LogP contribution in [0.25, 0.3) is 0 Å². The van der Waals surface area contributed by atoms with Crippen molar-refractivity contribution in [2.45, 2.75) is 32.8 Å². The minimum Gasteiger partial charge on any atom is -0.387 e. The van der Waals surface area contributed by atoms with E-state index in [1.165, 1.54) is 0 Å². The van der Waals surface area contributed by atoms with Crippen molar-refractivity contribution >= 4 is 29.9 Å². The Balaban J connectivity index is 0.00000484. The number of aliphatic hydroxyl groups is 1. The molecule has 1 aliphatic rings. The lowest BCUT2D eigenvalue weighted by molar-refractivity contribution is -0.0179. The molecule has 0 saturated carbocycles. The summed E-state index contributed by atoms with van der Waals surface area (Å²) in [6, 6.07) is 0. The predicted octanol–water partition coefficient (Wildman–Crippen LogP) is 1.21. The molecule has 0 radical (unpaired) electrons. The Morgan fingerprint density at radius 2 is 2.04 bits per heavy atom. The molecule has 1 saturated heterocycles. The number of aliphatic imine (C=N–C) groups is 1. The molecule has 1 fully saturated rings. The third-order valence-corrected chi connectivity index (χ3v) is 3.43. The highest BCUT2D eigenvalue weighted by molar-refractivity contribution is 14.0. The van der Waals surface area contributed by atoms with Crippen LogP contribution in [0.15, 0.2) is 17.1 Å². The van der Waals surface area contributed by atoms with Gasteiger partial charge in [-0.25, -0.2) is 0 Å². The van der Waals surface area contributed by atoms with Crippen molar-refractivity contribution in [2.24, 2.45) is 4.99 Å². The number of ether oxygens (including phenoxy) is 1. The Labute approximate surface area is 157 Å². The van der Waals surface area contributed by atoms with Crippen LogP contribution < -0.4 is 10.6 Å². The first-order chi connectivity index (χ1) is 10.6. The van der Waals surface area contributed by atoms with E-state index >= 15 is 0 Å². The Bertz CT molecular complexity index is 356. The Morgan fingerprint density at radius 3 is 2.65 bits per heavy atom. The number of allylic oxidation sites excluding steroid dienone is 1. The summed E-state index contributed by atoms with van der Waals surface area (Å²) >= 11 is 0. The van der Waals surface area contributed by atoms with Gasteiger partial charge in [0, 0.05) is 32.7 Å². The fourth-order valence-corrected chi connectivity index (χ4v) is 2.32. The average molecular weight is 440 g/mol. The fraction of sp³-hybridized carbons (Fsp3) is 0.812. The standard InChI is InChI=1S/C16H32N4O2.HI/c1-4-6-7-8-18-15(17-5-2)19-13-16(3,21)14-20-9-11-22-12-10-20;/h4,6,21H,5,7-14H2,1-3H3,(H2,17,18,19);1H/b6-4+;. The molecule has 0 aromatic carbocycles. The molecule has 1 aliphatic heterocycles. The summed E-state index contributed by atoms with van der Waals surface area (Å²) in [5.74, 6) is 0.759. The monoisotopic (exact) mass is 440 g/mol. The normalized spacial score (nSPS) is 19.2. The largest absolute Gasteiger partial charge is 0.387 e. The van der Waals surface area contributed by atoms with Crippen LogP contribution in [0.2, 0.25) is 0 Å². The number of nitrogens with zero attached hydrogens (tertiary/aromatic N) is 2. The van der Waals surface area contributed by atoms with Gasteiger partial charge in [0.1, 0.15) is 0 Å². The molecule has 0 aromatic rings. The lowest BCUT2D eigenvalue weighted by Gasteiger charge is -2.33. The van der Waals surface area contributed by atoms with E-state index in [4.69, 9.17) is 4.74 Å². The van der Waals surface area contributed by atoms with Crippen LogP contribution in [-0.2, 0) is 4.74 Å². The second kappa shape index (κ2) is 13.0. The number of hydrogen-bond donors (Lipinski definition) is 3. The quantitative estimate of drug-likeness (QED) is 0.174. The first-order valence-electron chi connectivity index (χ1n) is 8.23. The summed E-state index contributed by atoms with van der Waals surface area (Å²) in [6.07, 6.45) is 5.12. The molecule has 0 aromatic heterocycles. The zero-order chi connectivity index (χ0) is 16.3. The van der Waals surface area contributed by atoms with Gasteiger partial charge in [-0.15, -0.1) is 24.0 Å². The van der Waals surface area contributed by atoms with Crippen molar-refractivity contribution in [3.8, 4) is 0 Å². The van der Waals surface area contributed by atoms with Crippen molar-refractivity contribution in [2.75, 3.05) is 52.5 Å². The van der Waals surface area contributed by atoms with Crippen molar-refractivity contribution < 1.29 is 9.84 Å². The molecule has 3 N–H and O–H groups in total. The molecule has 0 bridgehead atoms. The average Bonchev–Trinajstić information content (AvgIpc) is 2.49. The minimum atomic E-state index is -0.830. The summed E-state index contributed by atoms with van der Waals surface area (Å²) in [5.41, 5.74) is -0.830. The SMILES string of the molecule is C/C=C/CCNC(=NCC(C)(O)CN1CCOCC1)NCC.I. The number of rotatable bonds is 8. The predicted molar refractivity (Wildman–Crippen MR) is 107 cm³/mol. The van der Waals surface area contributed by atoms with Crippen molar-refractivity contribution in [1.29, 1.82) is 0 Å². The second-order valence-corrected chi connectivity index (χ2v) is 5.87. The van der Waals surface area contributed by atoms with E-state index in [-0.39, 0.29) is 24.0 Å². The number of guanidine groups is 1. The summed E-state index contributed by atoms with van der Waals surface area (Å²) < 4.78 is 5.33. The molecule has 6 nitrogen and oxygen atoms in total. The molecule has 1 rings (SSSR count). The van der Waals surface area contributed by atoms with Gasteiger partial charge in [-0.1, -0.05) is 12.2 Å². The maximum absolute atomic E-state index is 10.5. The summed E-state index contributed by atoms with van der Waals surface area (Å²) in [7, 11) is 0. The molecule has 23 heavy (non-hydrogen) atoms. The summed E-state index contributed by atoms with van der Waals surface area (Å²) in [6.45, 7) is 11.8. The first kappa shape index (κ1) is 22.6. The molecule has 0 spiro atoms. The number of β-amino-alcohol motifs (C(OH)–C–C–N with tert-alkyl or cyclic N) is 1. The smallest absolute Gasteiger partial charge is 0.191 e. The van der Waals surface area contributed by atoms with Gasteiger partial charge in [-0.2, -0.15) is 0 Å². The van der Waals surface area contributed by atoms with E-state index in [0.29, 0.717) is 13.1 Å². The Hall–Kier alpha value is -0.380. The third-order valence-electron chi connectivity index (χ3n) is 3.43. The highest BCUT2D eigenvalue weighted by Gasteiger charge is 2.25. The van der Waals surface area contributed by atoms with Crippen molar-refractivity contribution in [3.05, 3.63) is 12.2 Å². The molecule has 136 valence electrons. The molecule has 1 heterocycles. The molecule has 1 unspecified atom stereocenters. The van der Waals surface area contributed by atoms with Crippen LogP contribution in [0.1, 0.15) is 27.2 Å². The van der Waals surface area contributed by atoms with Gasteiger partial charge in [0.25, 0.3) is 0 Å². The third kappa shape index (κ3) is 10.9. The van der Waals surface area contributed by atoms with E-state index in [2.05, 4.69) is 26.6 Å². The van der Waals surface area contributed by atoms with E-state index < -0.39 is 5.60 Å². The highest BCUT2D eigenvalue weighted by Crippen LogP contribution is 2.09.